The van der Waals surface area contributed by atoms with Gasteiger partial charge in [-0.1, -0.05) is 23.8 Å². The highest BCUT2D eigenvalue weighted by Gasteiger charge is 2.21. The van der Waals surface area contributed by atoms with E-state index < -0.39 is 0 Å². The lowest BCUT2D eigenvalue weighted by atomic mass is 10.0. The average molecular weight is 362 g/mol. The third kappa shape index (κ3) is 6.61. The first-order chi connectivity index (χ1) is 12.6. The van der Waals surface area contributed by atoms with Crippen LogP contribution in [-0.4, -0.2) is 64.0 Å². The van der Waals surface area contributed by atoms with Gasteiger partial charge in [-0.15, -0.1) is 0 Å². The standard InChI is InChI=1S/C21H35N3O2/c1-17-6-7-19(18(2)16-17)8-11-23-21(22-3)24-12-9-20(10-13-24)26-15-5-14-25-4/h6-7,16,20H,5,8-15H2,1-4H3,(H,22,23). The molecule has 1 N–H and O–H groups in total. The molecule has 1 fully saturated rings. The topological polar surface area (TPSA) is 46.1 Å². The van der Waals surface area contributed by atoms with Crippen molar-refractivity contribution in [3.8, 4) is 0 Å². The van der Waals surface area contributed by atoms with E-state index in [1.165, 1.54) is 16.7 Å². The van der Waals surface area contributed by atoms with Crippen LogP contribution in [0.1, 0.15) is 36.0 Å². The monoisotopic (exact) mass is 361 g/mol. The third-order valence-corrected chi connectivity index (χ3v) is 4.98. The zero-order chi connectivity index (χ0) is 18.8. The van der Waals surface area contributed by atoms with Crippen LogP contribution >= 0.6 is 0 Å². The second kappa shape index (κ2) is 11.2. The van der Waals surface area contributed by atoms with E-state index in [-0.39, 0.29) is 0 Å². The van der Waals surface area contributed by atoms with E-state index in [1.54, 1.807) is 7.11 Å². The van der Waals surface area contributed by atoms with Crippen molar-refractivity contribution in [3.05, 3.63) is 34.9 Å². The van der Waals surface area contributed by atoms with Gasteiger partial charge in [-0.2, -0.15) is 0 Å². The van der Waals surface area contributed by atoms with Gasteiger partial charge in [0.15, 0.2) is 5.96 Å². The number of methoxy groups -OCH3 is 1. The van der Waals surface area contributed by atoms with Crippen LogP contribution < -0.4 is 5.32 Å². The number of benzene rings is 1. The smallest absolute Gasteiger partial charge is 0.193 e. The Hall–Kier alpha value is -1.59. The number of hydrogen-bond acceptors (Lipinski definition) is 3. The third-order valence-electron chi connectivity index (χ3n) is 4.98. The number of hydrogen-bond donors (Lipinski definition) is 1. The maximum atomic E-state index is 5.94. The molecule has 1 aromatic rings. The zero-order valence-electron chi connectivity index (χ0n) is 16.9. The largest absolute Gasteiger partial charge is 0.385 e. The summed E-state index contributed by atoms with van der Waals surface area (Å²) >= 11 is 0. The first-order valence-electron chi connectivity index (χ1n) is 9.76. The van der Waals surface area contributed by atoms with Gasteiger partial charge in [-0.3, -0.25) is 4.99 Å². The van der Waals surface area contributed by atoms with E-state index in [4.69, 9.17) is 9.47 Å². The highest BCUT2D eigenvalue weighted by atomic mass is 16.5. The molecule has 0 aromatic heterocycles. The number of rotatable bonds is 8. The first-order valence-corrected chi connectivity index (χ1v) is 9.76. The molecule has 0 bridgehead atoms. The van der Waals surface area contributed by atoms with Crippen LogP contribution in [0.4, 0.5) is 0 Å². The molecule has 0 aliphatic carbocycles. The van der Waals surface area contributed by atoms with Crippen molar-refractivity contribution < 1.29 is 9.47 Å². The Kier molecular flexibility index (Phi) is 8.92. The molecule has 5 heteroatoms. The average Bonchev–Trinajstić information content (AvgIpc) is 2.65. The van der Waals surface area contributed by atoms with E-state index in [0.717, 1.165) is 64.5 Å². The Bertz CT molecular complexity index is 566. The van der Waals surface area contributed by atoms with Crippen molar-refractivity contribution in [2.75, 3.05) is 47.0 Å². The van der Waals surface area contributed by atoms with Crippen LogP contribution in [-0.2, 0) is 15.9 Å². The molecule has 1 saturated heterocycles. The molecule has 2 rings (SSSR count). The van der Waals surface area contributed by atoms with Crippen LogP contribution in [0.2, 0.25) is 0 Å². The maximum absolute atomic E-state index is 5.94. The number of nitrogens with zero attached hydrogens (tertiary/aromatic N) is 2. The van der Waals surface area contributed by atoms with Crippen molar-refractivity contribution in [2.24, 2.45) is 4.99 Å². The van der Waals surface area contributed by atoms with E-state index in [0.29, 0.717) is 6.10 Å². The lowest BCUT2D eigenvalue weighted by Gasteiger charge is -2.34. The number of likely N-dealkylation sites (tertiary alicyclic amines) is 1. The fourth-order valence-corrected chi connectivity index (χ4v) is 3.46. The minimum absolute atomic E-state index is 0.372. The molecule has 5 nitrogen and oxygen atoms in total. The van der Waals surface area contributed by atoms with E-state index in [1.807, 2.05) is 7.05 Å². The Morgan fingerprint density at radius 1 is 1.23 bits per heavy atom. The summed E-state index contributed by atoms with van der Waals surface area (Å²) in [5, 5.41) is 3.52. The molecule has 146 valence electrons. The molecule has 0 atom stereocenters. The predicted molar refractivity (Wildman–Crippen MR) is 108 cm³/mol. The van der Waals surface area contributed by atoms with E-state index in [2.05, 4.69) is 47.3 Å². The summed E-state index contributed by atoms with van der Waals surface area (Å²) < 4.78 is 11.0. The highest BCUT2D eigenvalue weighted by molar-refractivity contribution is 5.80. The summed E-state index contributed by atoms with van der Waals surface area (Å²) in [6.07, 6.45) is 4.48. The van der Waals surface area contributed by atoms with Crippen LogP contribution in [0, 0.1) is 13.8 Å². The predicted octanol–water partition coefficient (Wildman–Crippen LogP) is 2.94. The molecule has 0 amide bonds. The van der Waals surface area contributed by atoms with Crippen LogP contribution in [0.3, 0.4) is 0 Å². The number of piperidine rings is 1. The number of nitrogens with one attached hydrogen (secondary N) is 1. The fourth-order valence-electron chi connectivity index (χ4n) is 3.46. The molecule has 1 aromatic carbocycles. The van der Waals surface area contributed by atoms with Gasteiger partial charge in [-0.25, -0.2) is 0 Å². The minimum atomic E-state index is 0.372. The van der Waals surface area contributed by atoms with Gasteiger partial charge >= 0.3 is 0 Å². The molecular formula is C21H35N3O2. The molecular weight excluding hydrogens is 326 g/mol. The number of aliphatic imine (C=N–C) groups is 1. The van der Waals surface area contributed by atoms with Crippen LogP contribution in [0.25, 0.3) is 0 Å². The van der Waals surface area contributed by atoms with Crippen LogP contribution in [0.15, 0.2) is 23.2 Å². The highest BCUT2D eigenvalue weighted by Crippen LogP contribution is 2.14. The van der Waals surface area contributed by atoms with Gasteiger partial charge in [0.1, 0.15) is 0 Å². The van der Waals surface area contributed by atoms with Crippen molar-refractivity contribution in [1.82, 2.24) is 10.2 Å². The van der Waals surface area contributed by atoms with Crippen molar-refractivity contribution in [1.29, 1.82) is 0 Å². The van der Waals surface area contributed by atoms with Gasteiger partial charge in [0.25, 0.3) is 0 Å². The Morgan fingerprint density at radius 3 is 2.65 bits per heavy atom. The lowest BCUT2D eigenvalue weighted by molar-refractivity contribution is 0.00992. The summed E-state index contributed by atoms with van der Waals surface area (Å²) in [5.74, 6) is 1.01. The molecule has 26 heavy (non-hydrogen) atoms. The first kappa shape index (κ1) is 20.7. The number of aryl methyl sites for hydroxylation is 2. The summed E-state index contributed by atoms with van der Waals surface area (Å²) in [4.78, 5) is 6.81. The maximum Gasteiger partial charge on any atom is 0.193 e. The molecule has 0 radical (unpaired) electrons. The summed E-state index contributed by atoms with van der Waals surface area (Å²) in [5.41, 5.74) is 4.09. The zero-order valence-corrected chi connectivity index (χ0v) is 16.9. The van der Waals surface area contributed by atoms with Crippen LogP contribution in [0.5, 0.6) is 0 Å². The van der Waals surface area contributed by atoms with Crippen molar-refractivity contribution in [3.63, 3.8) is 0 Å². The second-order valence-corrected chi connectivity index (χ2v) is 7.06. The molecule has 1 heterocycles. The number of ether oxygens (including phenoxy) is 2. The summed E-state index contributed by atoms with van der Waals surface area (Å²) in [6, 6.07) is 6.68. The summed E-state index contributed by atoms with van der Waals surface area (Å²) in [6.45, 7) is 8.80. The van der Waals surface area contributed by atoms with Crippen molar-refractivity contribution >= 4 is 5.96 Å². The van der Waals surface area contributed by atoms with Gasteiger partial charge in [0.05, 0.1) is 6.10 Å². The normalized spacial score (nSPS) is 16.2. The number of guanidine groups is 1. The minimum Gasteiger partial charge on any atom is -0.385 e. The van der Waals surface area contributed by atoms with Crippen molar-refractivity contribution in [2.45, 2.75) is 45.6 Å². The van der Waals surface area contributed by atoms with Gasteiger partial charge in [0, 0.05) is 47.0 Å². The quantitative estimate of drug-likeness (QED) is 0.439. The molecule has 0 spiro atoms. The Labute approximate surface area is 158 Å². The Morgan fingerprint density at radius 2 is 2.00 bits per heavy atom. The molecule has 0 saturated carbocycles. The SMILES string of the molecule is CN=C(NCCc1ccc(C)cc1C)N1CCC(OCCCOC)CC1. The molecule has 0 unspecified atom stereocenters. The second-order valence-electron chi connectivity index (χ2n) is 7.06. The fraction of sp³-hybridized carbons (Fsp3) is 0.667. The van der Waals surface area contributed by atoms with E-state index >= 15 is 0 Å². The Balaban J connectivity index is 1.71. The lowest BCUT2D eigenvalue weighted by Crippen LogP contribution is -2.47. The van der Waals surface area contributed by atoms with E-state index in [9.17, 15) is 0 Å². The van der Waals surface area contributed by atoms with Gasteiger partial charge < -0.3 is 19.7 Å². The van der Waals surface area contributed by atoms with Gasteiger partial charge in [0.2, 0.25) is 0 Å². The summed E-state index contributed by atoms with van der Waals surface area (Å²) in [7, 11) is 3.60. The molecule has 1 aliphatic rings. The van der Waals surface area contributed by atoms with Gasteiger partial charge in [-0.05, 0) is 50.7 Å². The molecule has 1 aliphatic heterocycles.